The molecule has 1 aromatic carbocycles. The third-order valence-corrected chi connectivity index (χ3v) is 9.01. The number of benzene rings is 1. The van der Waals surface area contributed by atoms with Gasteiger partial charge in [-0.1, -0.05) is 18.1 Å². The van der Waals surface area contributed by atoms with Crippen molar-refractivity contribution in [3.8, 4) is 17.9 Å². The monoisotopic (exact) mass is 631 g/mol. The number of hydrogen-bond acceptors (Lipinski definition) is 9. The van der Waals surface area contributed by atoms with Crippen molar-refractivity contribution >= 4 is 11.5 Å². The van der Waals surface area contributed by atoms with Crippen molar-refractivity contribution < 1.29 is 36.9 Å². The van der Waals surface area contributed by atoms with Gasteiger partial charge in [0.15, 0.2) is 5.82 Å². The summed E-state index contributed by atoms with van der Waals surface area (Å²) < 4.78 is 76.7. The van der Waals surface area contributed by atoms with Crippen molar-refractivity contribution in [1.82, 2.24) is 14.9 Å². The quantitative estimate of drug-likeness (QED) is 0.218. The Morgan fingerprint density at radius 2 is 2.09 bits per heavy atom. The van der Waals surface area contributed by atoms with E-state index in [0.717, 1.165) is 44.0 Å². The first-order valence-electron chi connectivity index (χ1n) is 15.0. The van der Waals surface area contributed by atoms with Gasteiger partial charge in [-0.25, -0.2) is 4.39 Å². The summed E-state index contributed by atoms with van der Waals surface area (Å²) in [6, 6.07) is 0.951. The predicted molar refractivity (Wildman–Crippen MR) is 158 cm³/mol. The Balaban J connectivity index is 1.41. The van der Waals surface area contributed by atoms with Crippen LogP contribution in [0.5, 0.6) is 6.01 Å². The van der Waals surface area contributed by atoms with Gasteiger partial charge in [0.1, 0.15) is 18.0 Å². The summed E-state index contributed by atoms with van der Waals surface area (Å²) in [6.45, 7) is 10.1. The Labute approximate surface area is 259 Å². The van der Waals surface area contributed by atoms with Crippen molar-refractivity contribution in [2.45, 2.75) is 69.6 Å². The maximum Gasteiger partial charge on any atom is 0.418 e. The molecule has 0 unspecified atom stereocenters. The molecule has 9 nitrogen and oxygen atoms in total. The van der Waals surface area contributed by atoms with E-state index in [9.17, 15) is 18.3 Å². The molecule has 1 aromatic heterocycles. The number of aromatic nitrogens is 2. The van der Waals surface area contributed by atoms with Crippen LogP contribution in [0.2, 0.25) is 0 Å². The van der Waals surface area contributed by atoms with Gasteiger partial charge in [0, 0.05) is 36.2 Å². The minimum absolute atomic E-state index is 0.0505. The fourth-order valence-electron chi connectivity index (χ4n) is 7.11. The number of alkyl halides is 3. The van der Waals surface area contributed by atoms with Gasteiger partial charge in [0.2, 0.25) is 0 Å². The number of nitrogens with two attached hydrogens (primary N) is 1. The van der Waals surface area contributed by atoms with E-state index < -0.39 is 46.1 Å². The van der Waals surface area contributed by atoms with Crippen LogP contribution in [-0.2, 0) is 28.7 Å². The Kier molecular flexibility index (Phi) is 8.22. The van der Waals surface area contributed by atoms with Gasteiger partial charge in [0.05, 0.1) is 55.0 Å². The average Bonchev–Trinajstić information content (AvgIpc) is 3.42. The number of anilines is 2. The second-order valence-corrected chi connectivity index (χ2v) is 12.7. The molecule has 4 aliphatic rings. The number of rotatable bonds is 5. The molecule has 0 saturated carbocycles. The van der Waals surface area contributed by atoms with Crippen molar-refractivity contribution in [2.24, 2.45) is 0 Å². The zero-order chi connectivity index (χ0) is 32.1. The fraction of sp³-hybridized carbons (Fsp3) is 0.562. The van der Waals surface area contributed by atoms with Crippen molar-refractivity contribution in [1.29, 1.82) is 0 Å². The van der Waals surface area contributed by atoms with Crippen molar-refractivity contribution in [2.75, 3.05) is 56.6 Å². The first kappa shape index (κ1) is 31.5. The Bertz CT molecular complexity index is 1570. The van der Waals surface area contributed by atoms with Gasteiger partial charge in [-0.2, -0.15) is 23.1 Å². The van der Waals surface area contributed by atoms with E-state index in [2.05, 4.69) is 28.3 Å². The molecule has 3 atom stereocenters. The molecule has 13 heteroatoms. The van der Waals surface area contributed by atoms with Gasteiger partial charge < -0.3 is 30.0 Å². The highest BCUT2D eigenvalue weighted by Crippen LogP contribution is 2.45. The molecule has 3 fully saturated rings. The number of nitrogen functional groups attached to an aromatic ring is 1. The van der Waals surface area contributed by atoms with Crippen LogP contribution >= 0.6 is 0 Å². The summed E-state index contributed by atoms with van der Waals surface area (Å²) in [4.78, 5) is 13.6. The van der Waals surface area contributed by atoms with Crippen LogP contribution in [0.3, 0.4) is 0 Å². The van der Waals surface area contributed by atoms with Crippen LogP contribution in [0.25, 0.3) is 0 Å². The van der Waals surface area contributed by atoms with Gasteiger partial charge >= 0.3 is 12.2 Å². The summed E-state index contributed by atoms with van der Waals surface area (Å²) in [7, 11) is 0. The summed E-state index contributed by atoms with van der Waals surface area (Å²) >= 11 is 0. The average molecular weight is 632 g/mol. The highest BCUT2D eigenvalue weighted by Gasteiger charge is 2.47. The van der Waals surface area contributed by atoms with E-state index in [1.54, 1.807) is 6.92 Å². The zero-order valence-electron chi connectivity index (χ0n) is 25.4. The number of aliphatic hydroxyl groups is 1. The number of ether oxygens (including phenoxy) is 3. The summed E-state index contributed by atoms with van der Waals surface area (Å²) in [5, 5.41) is 10.9. The molecule has 0 amide bonds. The van der Waals surface area contributed by atoms with Crippen molar-refractivity contribution in [3.63, 3.8) is 0 Å². The van der Waals surface area contributed by atoms with Gasteiger partial charge in [-0.3, -0.25) is 4.90 Å². The highest BCUT2D eigenvalue weighted by molar-refractivity contribution is 5.59. The van der Waals surface area contributed by atoms with E-state index in [0.29, 0.717) is 36.8 Å². The molecule has 2 aromatic rings. The molecule has 242 valence electrons. The number of nitrogens with zero attached hydrogens (tertiary/aromatic N) is 4. The summed E-state index contributed by atoms with van der Waals surface area (Å²) in [6.07, 6.45) is -3.71. The Morgan fingerprint density at radius 3 is 2.84 bits per heavy atom. The lowest BCUT2D eigenvalue weighted by Gasteiger charge is -2.34. The minimum atomic E-state index is -4.92. The molecule has 0 bridgehead atoms. The van der Waals surface area contributed by atoms with E-state index in [4.69, 9.17) is 24.9 Å². The largest absolute Gasteiger partial charge is 0.461 e. The predicted octanol–water partition coefficient (Wildman–Crippen LogP) is 4.16. The van der Waals surface area contributed by atoms with Crippen LogP contribution in [0.15, 0.2) is 18.2 Å². The fourth-order valence-corrected chi connectivity index (χ4v) is 7.11. The van der Waals surface area contributed by atoms with E-state index in [1.807, 2.05) is 4.90 Å². The van der Waals surface area contributed by atoms with Crippen molar-refractivity contribution in [3.05, 3.63) is 52.0 Å². The lowest BCUT2D eigenvalue weighted by atomic mass is 9.90. The third-order valence-electron chi connectivity index (χ3n) is 9.01. The molecule has 4 aliphatic heterocycles. The van der Waals surface area contributed by atoms with E-state index >= 15 is 4.39 Å². The molecule has 0 radical (unpaired) electrons. The van der Waals surface area contributed by atoms with Gasteiger partial charge in [-0.05, 0) is 45.7 Å². The van der Waals surface area contributed by atoms with Crippen LogP contribution in [0.4, 0.5) is 29.1 Å². The number of halogens is 4. The second-order valence-electron chi connectivity index (χ2n) is 12.7. The molecule has 0 spiro atoms. The van der Waals surface area contributed by atoms with Crippen LogP contribution in [0, 0.1) is 17.7 Å². The summed E-state index contributed by atoms with van der Waals surface area (Å²) in [5.41, 5.74) is 3.65. The third kappa shape index (κ3) is 6.08. The maximum atomic E-state index is 15.5. The smallest absolute Gasteiger partial charge is 0.418 e. The lowest BCUT2D eigenvalue weighted by Crippen LogP contribution is -2.44. The van der Waals surface area contributed by atoms with Gasteiger partial charge in [-0.15, -0.1) is 5.92 Å². The normalized spacial score (nSPS) is 27.0. The number of fused-ring (bicyclic) bond motifs is 2. The van der Waals surface area contributed by atoms with E-state index in [1.165, 1.54) is 6.92 Å². The lowest BCUT2D eigenvalue weighted by molar-refractivity contribution is -0.140. The van der Waals surface area contributed by atoms with Crippen LogP contribution in [0.1, 0.15) is 67.2 Å². The Morgan fingerprint density at radius 1 is 1.29 bits per heavy atom. The van der Waals surface area contributed by atoms with E-state index in [-0.39, 0.29) is 37.7 Å². The SMILES string of the molecule is C=C1CN2CCC[C@]2(COc2nc3c(c(N4CCOC[C@](C)(O)C4)n2)CO[C@@H](c2c(F)c(N)cc(C#CC)c2C(F)(F)F)C3)C1. The minimum Gasteiger partial charge on any atom is -0.461 e. The number of hydrogen-bond donors (Lipinski definition) is 2. The molecular formula is C32H37F4N5O4. The second kappa shape index (κ2) is 11.7. The first-order chi connectivity index (χ1) is 21.3. The number of β-amino-alcohol motifs (C(OH)–C–C–N with tert-alkyl or cyclic N) is 1. The first-order valence-corrected chi connectivity index (χ1v) is 15.0. The maximum absolute atomic E-state index is 15.5. The molecule has 6 rings (SSSR count). The highest BCUT2D eigenvalue weighted by atomic mass is 19.4. The molecule has 5 heterocycles. The molecule has 45 heavy (non-hydrogen) atoms. The van der Waals surface area contributed by atoms with Crippen LogP contribution < -0.4 is 15.4 Å². The molecule has 0 aliphatic carbocycles. The standard InChI is InChI=1S/C32H37F4N5O4/c1-4-6-20-11-22(37)27(33)25(26(20)32(34,35)36)24-12-23-21(15-44-24)28(40-9-10-43-17-30(3,42)16-40)39-29(38-23)45-18-31-7-5-8-41(31)14-19(2)13-31/h11,24,42H,2,5,7-10,12-18,37H2,1,3H3/t24-,30-,31-/m1/s1. The molecule has 3 N–H and O–H groups in total. The van der Waals surface area contributed by atoms with Crippen LogP contribution in [-0.4, -0.2) is 77.1 Å². The topological polar surface area (TPSA) is 106 Å². The summed E-state index contributed by atoms with van der Waals surface area (Å²) in [5.74, 6) is 4.10. The Hall–Kier alpha value is -3.44. The van der Waals surface area contributed by atoms with Gasteiger partial charge in [0.25, 0.3) is 0 Å². The molecule has 3 saturated heterocycles. The zero-order valence-corrected chi connectivity index (χ0v) is 25.4. The molecular weight excluding hydrogens is 594 g/mol.